The zero-order chi connectivity index (χ0) is 21.6. The van der Waals surface area contributed by atoms with Gasteiger partial charge in [-0.15, -0.1) is 0 Å². The van der Waals surface area contributed by atoms with Crippen molar-refractivity contribution in [2.45, 2.75) is 32.3 Å². The molecule has 0 bridgehead atoms. The van der Waals surface area contributed by atoms with Crippen LogP contribution >= 0.6 is 0 Å². The summed E-state index contributed by atoms with van der Waals surface area (Å²) in [6, 6.07) is 10.6. The maximum absolute atomic E-state index is 14.5. The van der Waals surface area contributed by atoms with Crippen molar-refractivity contribution in [2.75, 3.05) is 19.0 Å². The van der Waals surface area contributed by atoms with Crippen LogP contribution in [0.15, 0.2) is 42.5 Å². The smallest absolute Gasteiger partial charge is 0.251 e. The fourth-order valence-corrected chi connectivity index (χ4v) is 4.27. The van der Waals surface area contributed by atoms with E-state index in [-0.39, 0.29) is 5.82 Å². The Kier molecular flexibility index (Phi) is 7.66. The number of ether oxygens (including phenoxy) is 1. The van der Waals surface area contributed by atoms with Crippen LogP contribution in [0.5, 0.6) is 0 Å². The number of benzene rings is 2. The predicted octanol–water partition coefficient (Wildman–Crippen LogP) is 2.31. The maximum Gasteiger partial charge on any atom is 0.251 e. The number of methoxy groups -OCH3 is 1. The fourth-order valence-electron chi connectivity index (χ4n) is 2.90. The molecule has 29 heavy (non-hydrogen) atoms. The molecule has 2 amide bonds. The van der Waals surface area contributed by atoms with E-state index in [2.05, 4.69) is 10.6 Å². The van der Waals surface area contributed by atoms with Gasteiger partial charge in [-0.25, -0.2) is 4.39 Å². The van der Waals surface area contributed by atoms with E-state index in [0.29, 0.717) is 23.0 Å². The minimum atomic E-state index is -1.84. The number of hydrogen-bond acceptors (Lipinski definition) is 4. The van der Waals surface area contributed by atoms with Crippen molar-refractivity contribution in [1.29, 1.82) is 0 Å². The number of anilines is 1. The third-order valence-corrected chi connectivity index (χ3v) is 6.40. The second-order valence-corrected chi connectivity index (χ2v) is 12.8. The Morgan fingerprint density at radius 1 is 1.14 bits per heavy atom. The van der Waals surface area contributed by atoms with Gasteiger partial charge in [-0.05, 0) is 28.4 Å². The molecule has 0 aromatic heterocycles. The Morgan fingerprint density at radius 3 is 2.31 bits per heavy atom. The van der Waals surface area contributed by atoms with Gasteiger partial charge in [-0.2, -0.15) is 0 Å². The summed E-state index contributed by atoms with van der Waals surface area (Å²) in [7, 11) is -0.255. The van der Waals surface area contributed by atoms with Gasteiger partial charge < -0.3 is 20.5 Å². The van der Waals surface area contributed by atoms with Crippen LogP contribution < -0.4 is 15.8 Å². The average Bonchev–Trinajstić information content (AvgIpc) is 2.66. The molecule has 0 aliphatic heterocycles. The van der Waals surface area contributed by atoms with Crippen LogP contribution in [0.1, 0.15) is 17.2 Å². The minimum Gasteiger partial charge on any atom is -0.387 e. The number of halogens is 1. The predicted molar refractivity (Wildman–Crippen MR) is 113 cm³/mol. The summed E-state index contributed by atoms with van der Waals surface area (Å²) >= 11 is 0. The summed E-state index contributed by atoms with van der Waals surface area (Å²) in [5.41, 5.74) is 1.74. The van der Waals surface area contributed by atoms with Crippen molar-refractivity contribution in [3.63, 3.8) is 0 Å². The van der Waals surface area contributed by atoms with Crippen LogP contribution in [0.25, 0.3) is 0 Å². The Morgan fingerprint density at radius 2 is 1.79 bits per heavy atom. The number of nitrogens with one attached hydrogen (secondary N) is 2. The van der Waals surface area contributed by atoms with Crippen LogP contribution in [0.4, 0.5) is 10.1 Å². The van der Waals surface area contributed by atoms with Gasteiger partial charge in [-0.1, -0.05) is 50.0 Å². The lowest BCUT2D eigenvalue weighted by Gasteiger charge is -2.20. The van der Waals surface area contributed by atoms with Gasteiger partial charge in [0.1, 0.15) is 18.5 Å². The Bertz CT molecular complexity index is 866. The van der Waals surface area contributed by atoms with E-state index in [0.717, 1.165) is 5.56 Å². The van der Waals surface area contributed by atoms with Crippen LogP contribution in [0.3, 0.4) is 0 Å². The first-order chi connectivity index (χ1) is 13.7. The van der Waals surface area contributed by atoms with Crippen LogP contribution in [0.2, 0.25) is 19.6 Å². The summed E-state index contributed by atoms with van der Waals surface area (Å²) in [5, 5.41) is 14.9. The van der Waals surface area contributed by atoms with E-state index in [1.54, 1.807) is 43.5 Å². The van der Waals surface area contributed by atoms with E-state index in [4.69, 9.17) is 9.84 Å². The normalized spacial score (nSPS) is 12.3. The SMILES string of the molecule is COCc1ccc(C(NC(=O)CO)C(=O)Nc2ccc([Si](C)(C)C)c(F)c2)cc1. The number of rotatable bonds is 8. The zero-order valence-corrected chi connectivity index (χ0v) is 18.1. The number of carbonyl (C=O) groups excluding carboxylic acids is 2. The molecule has 2 aromatic rings. The van der Waals surface area contributed by atoms with E-state index in [9.17, 15) is 14.0 Å². The molecule has 0 radical (unpaired) electrons. The number of aliphatic hydroxyl groups excluding tert-OH is 1. The second-order valence-electron chi connectivity index (χ2n) is 7.77. The third kappa shape index (κ3) is 6.21. The molecule has 2 rings (SSSR count). The standard InChI is InChI=1S/C21H27FN2O4Si/c1-28-13-14-5-7-15(8-6-14)20(24-19(26)12-25)21(27)23-16-9-10-18(17(22)11-16)29(2,3)4/h5-11,20,25H,12-13H2,1-4H3,(H,23,27)(H,24,26). The monoisotopic (exact) mass is 418 g/mol. The summed E-state index contributed by atoms with van der Waals surface area (Å²) in [6.45, 7) is 5.79. The number of hydrogen-bond donors (Lipinski definition) is 3. The van der Waals surface area contributed by atoms with Gasteiger partial charge in [0.05, 0.1) is 14.7 Å². The van der Waals surface area contributed by atoms with E-state index in [1.165, 1.54) is 6.07 Å². The minimum absolute atomic E-state index is 0.300. The highest BCUT2D eigenvalue weighted by Crippen LogP contribution is 2.19. The summed E-state index contributed by atoms with van der Waals surface area (Å²) in [6.07, 6.45) is 0. The molecule has 2 aromatic carbocycles. The lowest BCUT2D eigenvalue weighted by atomic mass is 10.0. The highest BCUT2D eigenvalue weighted by atomic mass is 28.3. The highest BCUT2D eigenvalue weighted by molar-refractivity contribution is 6.88. The van der Waals surface area contributed by atoms with Crippen LogP contribution in [-0.4, -0.2) is 38.7 Å². The molecule has 6 nitrogen and oxygen atoms in total. The zero-order valence-electron chi connectivity index (χ0n) is 17.1. The van der Waals surface area contributed by atoms with Gasteiger partial charge in [0, 0.05) is 12.8 Å². The van der Waals surface area contributed by atoms with Crippen LogP contribution in [0, 0.1) is 5.82 Å². The molecule has 1 unspecified atom stereocenters. The highest BCUT2D eigenvalue weighted by Gasteiger charge is 2.24. The molecule has 0 saturated heterocycles. The van der Waals surface area contributed by atoms with Crippen molar-refractivity contribution in [3.8, 4) is 0 Å². The van der Waals surface area contributed by atoms with Gasteiger partial charge in [0.25, 0.3) is 5.91 Å². The first-order valence-corrected chi connectivity index (χ1v) is 12.7. The Balaban J connectivity index is 2.25. The molecular formula is C21H27FN2O4Si. The van der Waals surface area contributed by atoms with Crippen molar-refractivity contribution in [3.05, 3.63) is 59.4 Å². The number of aliphatic hydroxyl groups is 1. The first-order valence-electron chi connectivity index (χ1n) is 9.24. The van der Waals surface area contributed by atoms with Crippen molar-refractivity contribution in [1.82, 2.24) is 5.32 Å². The van der Waals surface area contributed by atoms with E-state index < -0.39 is 32.5 Å². The fraction of sp³-hybridized carbons (Fsp3) is 0.333. The van der Waals surface area contributed by atoms with Gasteiger partial charge >= 0.3 is 0 Å². The number of carbonyl (C=O) groups is 2. The van der Waals surface area contributed by atoms with E-state index in [1.807, 2.05) is 19.6 Å². The average molecular weight is 419 g/mol. The van der Waals surface area contributed by atoms with Gasteiger partial charge in [-0.3, -0.25) is 9.59 Å². The molecule has 1 atom stereocenters. The molecule has 0 fully saturated rings. The van der Waals surface area contributed by atoms with Crippen molar-refractivity contribution < 1.29 is 23.8 Å². The molecule has 0 spiro atoms. The Labute approximate surface area is 171 Å². The molecule has 0 saturated carbocycles. The summed E-state index contributed by atoms with van der Waals surface area (Å²) in [5.74, 6) is -1.58. The second kappa shape index (κ2) is 9.77. The van der Waals surface area contributed by atoms with Crippen molar-refractivity contribution >= 4 is 30.8 Å². The third-order valence-electron chi connectivity index (χ3n) is 4.38. The topological polar surface area (TPSA) is 87.7 Å². The lowest BCUT2D eigenvalue weighted by molar-refractivity contribution is -0.128. The maximum atomic E-state index is 14.5. The Hall–Kier alpha value is -2.55. The molecular weight excluding hydrogens is 391 g/mol. The van der Waals surface area contributed by atoms with E-state index >= 15 is 0 Å². The molecule has 8 heteroatoms. The van der Waals surface area contributed by atoms with Gasteiger partial charge in [0.15, 0.2) is 0 Å². The quantitative estimate of drug-likeness (QED) is 0.574. The molecule has 0 aliphatic carbocycles. The lowest BCUT2D eigenvalue weighted by Crippen LogP contribution is -2.40. The molecule has 0 heterocycles. The summed E-state index contributed by atoms with van der Waals surface area (Å²) < 4.78 is 19.5. The molecule has 0 aliphatic rings. The molecule has 3 N–H and O–H groups in total. The van der Waals surface area contributed by atoms with Crippen molar-refractivity contribution in [2.24, 2.45) is 0 Å². The van der Waals surface area contributed by atoms with Gasteiger partial charge in [0.2, 0.25) is 5.91 Å². The number of amides is 2. The largest absolute Gasteiger partial charge is 0.387 e. The summed E-state index contributed by atoms with van der Waals surface area (Å²) in [4.78, 5) is 24.5. The first kappa shape index (κ1) is 22.7. The van der Waals surface area contributed by atoms with Crippen LogP contribution in [-0.2, 0) is 20.9 Å². The molecule has 156 valence electrons.